The SMILES string of the molecule is COc1cccc(NC(=O)NC2(CN)CCCC2)c1. The molecule has 0 spiro atoms. The van der Waals surface area contributed by atoms with E-state index in [-0.39, 0.29) is 11.6 Å². The Morgan fingerprint density at radius 2 is 2.16 bits per heavy atom. The van der Waals surface area contributed by atoms with Gasteiger partial charge in [0.2, 0.25) is 0 Å². The van der Waals surface area contributed by atoms with E-state index < -0.39 is 0 Å². The fourth-order valence-corrected chi connectivity index (χ4v) is 2.54. The summed E-state index contributed by atoms with van der Waals surface area (Å²) in [4.78, 5) is 12.0. The average molecular weight is 263 g/mol. The lowest BCUT2D eigenvalue weighted by molar-refractivity contribution is 0.237. The van der Waals surface area contributed by atoms with Crippen LogP contribution in [0.5, 0.6) is 5.75 Å². The molecule has 0 unspecified atom stereocenters. The van der Waals surface area contributed by atoms with Crippen molar-refractivity contribution >= 4 is 11.7 Å². The van der Waals surface area contributed by atoms with Crippen LogP contribution in [0.25, 0.3) is 0 Å². The molecule has 4 N–H and O–H groups in total. The first-order valence-corrected chi connectivity index (χ1v) is 6.61. The van der Waals surface area contributed by atoms with Crippen LogP contribution >= 0.6 is 0 Å². The Balaban J connectivity index is 1.96. The van der Waals surface area contributed by atoms with E-state index in [1.807, 2.05) is 18.2 Å². The van der Waals surface area contributed by atoms with Crippen LogP contribution in [-0.2, 0) is 0 Å². The molecule has 0 radical (unpaired) electrons. The molecule has 0 bridgehead atoms. The van der Waals surface area contributed by atoms with Crippen LogP contribution < -0.4 is 21.1 Å². The summed E-state index contributed by atoms with van der Waals surface area (Å²) in [5, 5.41) is 5.83. The number of amides is 2. The van der Waals surface area contributed by atoms with Crippen molar-refractivity contribution in [1.29, 1.82) is 0 Å². The quantitative estimate of drug-likeness (QED) is 0.778. The van der Waals surface area contributed by atoms with Gasteiger partial charge in [0, 0.05) is 18.3 Å². The maximum atomic E-state index is 12.0. The Bertz CT molecular complexity index is 442. The fourth-order valence-electron chi connectivity index (χ4n) is 2.54. The fraction of sp³-hybridized carbons (Fsp3) is 0.500. The number of carbonyl (C=O) groups excluding carboxylic acids is 1. The number of carbonyl (C=O) groups is 1. The molecule has 0 atom stereocenters. The first-order valence-electron chi connectivity index (χ1n) is 6.61. The number of ether oxygens (including phenoxy) is 1. The molecule has 104 valence electrons. The molecule has 1 aliphatic rings. The second kappa shape index (κ2) is 5.93. The highest BCUT2D eigenvalue weighted by Gasteiger charge is 2.33. The smallest absolute Gasteiger partial charge is 0.319 e. The summed E-state index contributed by atoms with van der Waals surface area (Å²) in [5.41, 5.74) is 6.27. The van der Waals surface area contributed by atoms with E-state index in [0.717, 1.165) is 25.7 Å². The zero-order valence-electron chi connectivity index (χ0n) is 11.2. The van der Waals surface area contributed by atoms with Gasteiger partial charge in [-0.3, -0.25) is 0 Å². The molecule has 1 saturated carbocycles. The maximum Gasteiger partial charge on any atom is 0.319 e. The molecule has 0 aromatic heterocycles. The Kier molecular flexibility index (Phi) is 4.27. The number of hydrogen-bond donors (Lipinski definition) is 3. The standard InChI is InChI=1S/C14H21N3O2/c1-19-12-6-4-5-11(9-12)16-13(18)17-14(10-15)7-2-3-8-14/h4-6,9H,2-3,7-8,10,15H2,1H3,(H2,16,17,18). The number of nitrogens with one attached hydrogen (secondary N) is 2. The topological polar surface area (TPSA) is 76.4 Å². The molecule has 1 fully saturated rings. The van der Waals surface area contributed by atoms with E-state index in [2.05, 4.69) is 10.6 Å². The van der Waals surface area contributed by atoms with Gasteiger partial charge in [0.15, 0.2) is 0 Å². The Labute approximate surface area is 113 Å². The summed E-state index contributed by atoms with van der Waals surface area (Å²) < 4.78 is 5.12. The monoisotopic (exact) mass is 263 g/mol. The molecule has 0 saturated heterocycles. The lowest BCUT2D eigenvalue weighted by Crippen LogP contribution is -2.53. The van der Waals surface area contributed by atoms with Crippen molar-refractivity contribution < 1.29 is 9.53 Å². The Morgan fingerprint density at radius 1 is 1.42 bits per heavy atom. The number of nitrogens with two attached hydrogens (primary N) is 1. The van der Waals surface area contributed by atoms with Crippen molar-refractivity contribution in [2.24, 2.45) is 5.73 Å². The first-order chi connectivity index (χ1) is 9.17. The summed E-state index contributed by atoms with van der Waals surface area (Å²) in [6, 6.07) is 7.07. The van der Waals surface area contributed by atoms with E-state index in [1.54, 1.807) is 13.2 Å². The molecular weight excluding hydrogens is 242 g/mol. The van der Waals surface area contributed by atoms with Gasteiger partial charge in [-0.25, -0.2) is 4.79 Å². The normalized spacial score (nSPS) is 16.9. The third-order valence-electron chi connectivity index (χ3n) is 3.66. The predicted molar refractivity (Wildman–Crippen MR) is 75.4 cm³/mol. The van der Waals surface area contributed by atoms with Crippen LogP contribution in [0.3, 0.4) is 0 Å². The molecule has 1 aromatic rings. The molecule has 2 amide bonds. The highest BCUT2D eigenvalue weighted by atomic mass is 16.5. The Hall–Kier alpha value is -1.75. The minimum atomic E-state index is -0.233. The molecule has 0 heterocycles. The highest BCUT2D eigenvalue weighted by Crippen LogP contribution is 2.28. The van der Waals surface area contributed by atoms with Crippen molar-refractivity contribution in [2.75, 3.05) is 19.0 Å². The summed E-state index contributed by atoms with van der Waals surface area (Å²) in [6.45, 7) is 0.485. The molecule has 1 aromatic carbocycles. The Morgan fingerprint density at radius 3 is 2.79 bits per heavy atom. The van der Waals surface area contributed by atoms with Crippen LogP contribution in [0.2, 0.25) is 0 Å². The zero-order valence-corrected chi connectivity index (χ0v) is 11.2. The molecule has 0 aliphatic heterocycles. The molecular formula is C14H21N3O2. The highest BCUT2D eigenvalue weighted by molar-refractivity contribution is 5.90. The van der Waals surface area contributed by atoms with Gasteiger partial charge in [0.1, 0.15) is 5.75 Å². The van der Waals surface area contributed by atoms with E-state index in [9.17, 15) is 4.79 Å². The average Bonchev–Trinajstić information content (AvgIpc) is 2.88. The number of anilines is 1. The van der Waals surface area contributed by atoms with Crippen molar-refractivity contribution in [3.8, 4) is 5.75 Å². The summed E-state index contributed by atoms with van der Waals surface area (Å²) in [7, 11) is 1.60. The second-order valence-electron chi connectivity index (χ2n) is 5.00. The third kappa shape index (κ3) is 3.38. The van der Waals surface area contributed by atoms with Gasteiger partial charge < -0.3 is 21.1 Å². The van der Waals surface area contributed by atoms with Gasteiger partial charge in [-0.2, -0.15) is 0 Å². The predicted octanol–water partition coefficient (Wildman–Crippen LogP) is 2.09. The van der Waals surface area contributed by atoms with Crippen molar-refractivity contribution in [2.45, 2.75) is 31.2 Å². The van der Waals surface area contributed by atoms with Crippen LogP contribution in [0.1, 0.15) is 25.7 Å². The number of methoxy groups -OCH3 is 1. The maximum absolute atomic E-state index is 12.0. The summed E-state index contributed by atoms with van der Waals surface area (Å²) in [5.74, 6) is 0.715. The van der Waals surface area contributed by atoms with Crippen LogP contribution in [0, 0.1) is 0 Å². The molecule has 5 nitrogen and oxygen atoms in total. The van der Waals surface area contributed by atoms with Crippen molar-refractivity contribution in [3.05, 3.63) is 24.3 Å². The minimum Gasteiger partial charge on any atom is -0.497 e. The number of hydrogen-bond acceptors (Lipinski definition) is 3. The number of urea groups is 1. The van der Waals surface area contributed by atoms with Crippen LogP contribution in [0.4, 0.5) is 10.5 Å². The molecule has 5 heteroatoms. The number of benzene rings is 1. The van der Waals surface area contributed by atoms with Crippen molar-refractivity contribution in [1.82, 2.24) is 5.32 Å². The zero-order chi connectivity index (χ0) is 13.7. The van der Waals surface area contributed by atoms with Crippen molar-refractivity contribution in [3.63, 3.8) is 0 Å². The second-order valence-corrected chi connectivity index (χ2v) is 5.00. The van der Waals surface area contributed by atoms with Gasteiger partial charge in [0.25, 0.3) is 0 Å². The number of rotatable bonds is 4. The lowest BCUT2D eigenvalue weighted by Gasteiger charge is -2.28. The van der Waals surface area contributed by atoms with Gasteiger partial charge >= 0.3 is 6.03 Å². The van der Waals surface area contributed by atoms with Gasteiger partial charge in [-0.1, -0.05) is 18.9 Å². The van der Waals surface area contributed by atoms with Gasteiger partial charge in [0.05, 0.1) is 12.6 Å². The largest absolute Gasteiger partial charge is 0.497 e. The minimum absolute atomic E-state index is 0.208. The van der Waals surface area contributed by atoms with E-state index in [1.165, 1.54) is 0 Å². The van der Waals surface area contributed by atoms with E-state index >= 15 is 0 Å². The molecule has 1 aliphatic carbocycles. The lowest BCUT2D eigenvalue weighted by atomic mass is 9.98. The van der Waals surface area contributed by atoms with Gasteiger partial charge in [-0.05, 0) is 25.0 Å². The molecule has 19 heavy (non-hydrogen) atoms. The molecule has 2 rings (SSSR count). The summed E-state index contributed by atoms with van der Waals surface area (Å²) >= 11 is 0. The first kappa shape index (κ1) is 13.7. The van der Waals surface area contributed by atoms with Crippen LogP contribution in [0.15, 0.2) is 24.3 Å². The van der Waals surface area contributed by atoms with Crippen LogP contribution in [-0.4, -0.2) is 25.2 Å². The summed E-state index contributed by atoms with van der Waals surface area (Å²) in [6.07, 6.45) is 4.15. The van der Waals surface area contributed by atoms with E-state index in [0.29, 0.717) is 18.0 Å². The van der Waals surface area contributed by atoms with E-state index in [4.69, 9.17) is 10.5 Å². The third-order valence-corrected chi connectivity index (χ3v) is 3.66. The van der Waals surface area contributed by atoms with Gasteiger partial charge in [-0.15, -0.1) is 0 Å².